The van der Waals surface area contributed by atoms with Gasteiger partial charge in [0.25, 0.3) is 5.91 Å². The summed E-state index contributed by atoms with van der Waals surface area (Å²) in [6, 6.07) is 5.89. The second-order valence-corrected chi connectivity index (χ2v) is 4.06. The molecule has 2 heterocycles. The highest BCUT2D eigenvalue weighted by Crippen LogP contribution is 2.15. The lowest BCUT2D eigenvalue weighted by Gasteiger charge is -2.32. The van der Waals surface area contributed by atoms with Crippen LogP contribution in [0.15, 0.2) is 18.2 Å². The van der Waals surface area contributed by atoms with Crippen LogP contribution >= 0.6 is 0 Å². The molecule has 0 bridgehead atoms. The maximum atomic E-state index is 11.5. The van der Waals surface area contributed by atoms with Crippen molar-refractivity contribution in [3.63, 3.8) is 0 Å². The first kappa shape index (κ1) is 11.9. The number of aromatic nitrogens is 1. The molecule has 1 aliphatic rings. The SMILES string of the molecule is CNC(=O)[C@@H]1CN(c2cccc(C)n2)CCO1. The van der Waals surface area contributed by atoms with E-state index in [4.69, 9.17) is 4.74 Å². The number of nitrogens with one attached hydrogen (secondary N) is 1. The summed E-state index contributed by atoms with van der Waals surface area (Å²) in [5, 5.41) is 2.61. The highest BCUT2D eigenvalue weighted by Gasteiger charge is 2.26. The van der Waals surface area contributed by atoms with Crippen molar-refractivity contribution in [3.8, 4) is 0 Å². The Morgan fingerprint density at radius 1 is 1.59 bits per heavy atom. The standard InChI is InChI=1S/C12H17N3O2/c1-9-4-3-5-11(14-9)15-6-7-17-10(8-15)12(16)13-2/h3-5,10H,6-8H2,1-2H3,(H,13,16)/t10-/m0/s1. The molecule has 1 atom stereocenters. The van der Waals surface area contributed by atoms with Crippen molar-refractivity contribution < 1.29 is 9.53 Å². The van der Waals surface area contributed by atoms with Gasteiger partial charge in [-0.05, 0) is 19.1 Å². The average molecular weight is 235 g/mol. The van der Waals surface area contributed by atoms with Gasteiger partial charge in [-0.1, -0.05) is 6.07 Å². The minimum atomic E-state index is -0.406. The Balaban J connectivity index is 2.09. The van der Waals surface area contributed by atoms with Crippen molar-refractivity contribution in [2.24, 2.45) is 0 Å². The van der Waals surface area contributed by atoms with E-state index in [1.807, 2.05) is 25.1 Å². The van der Waals surface area contributed by atoms with E-state index in [1.165, 1.54) is 0 Å². The van der Waals surface area contributed by atoms with Crippen molar-refractivity contribution in [2.75, 3.05) is 31.6 Å². The zero-order chi connectivity index (χ0) is 12.3. The molecular weight excluding hydrogens is 218 g/mol. The number of morpholine rings is 1. The number of carbonyl (C=O) groups excluding carboxylic acids is 1. The molecule has 1 N–H and O–H groups in total. The van der Waals surface area contributed by atoms with Crippen molar-refractivity contribution in [2.45, 2.75) is 13.0 Å². The fourth-order valence-corrected chi connectivity index (χ4v) is 1.88. The number of pyridine rings is 1. The molecule has 1 aromatic rings. The minimum Gasteiger partial charge on any atom is -0.365 e. The Bertz CT molecular complexity index is 408. The predicted molar refractivity (Wildman–Crippen MR) is 65.0 cm³/mol. The van der Waals surface area contributed by atoms with Crippen LogP contribution in [-0.2, 0) is 9.53 Å². The summed E-state index contributed by atoms with van der Waals surface area (Å²) in [5.41, 5.74) is 0.977. The summed E-state index contributed by atoms with van der Waals surface area (Å²) in [6.07, 6.45) is -0.406. The van der Waals surface area contributed by atoms with Crippen LogP contribution < -0.4 is 10.2 Å². The number of likely N-dealkylation sites (N-methyl/N-ethyl adjacent to an activating group) is 1. The van der Waals surface area contributed by atoms with Gasteiger partial charge in [0.1, 0.15) is 5.82 Å². The van der Waals surface area contributed by atoms with Gasteiger partial charge < -0.3 is 15.0 Å². The van der Waals surface area contributed by atoms with Crippen molar-refractivity contribution in [1.82, 2.24) is 10.3 Å². The minimum absolute atomic E-state index is 0.0812. The first-order chi connectivity index (χ1) is 8.20. The summed E-state index contributed by atoms with van der Waals surface area (Å²) in [5.74, 6) is 0.824. The van der Waals surface area contributed by atoms with Crippen molar-refractivity contribution in [1.29, 1.82) is 0 Å². The van der Waals surface area contributed by atoms with Gasteiger partial charge in [-0.2, -0.15) is 0 Å². The van der Waals surface area contributed by atoms with Crippen LogP contribution in [0.4, 0.5) is 5.82 Å². The molecule has 0 unspecified atom stereocenters. The lowest BCUT2D eigenvalue weighted by molar-refractivity contribution is -0.132. The molecule has 92 valence electrons. The molecule has 5 heteroatoms. The second kappa shape index (κ2) is 5.14. The van der Waals surface area contributed by atoms with Crippen LogP contribution in [0, 0.1) is 6.92 Å². The summed E-state index contributed by atoms with van der Waals surface area (Å²) in [4.78, 5) is 18.1. The molecule has 1 saturated heterocycles. The molecular formula is C12H17N3O2. The van der Waals surface area contributed by atoms with E-state index in [0.717, 1.165) is 18.1 Å². The number of ether oxygens (including phenoxy) is 1. The molecule has 1 aliphatic heterocycles. The van der Waals surface area contributed by atoms with Gasteiger partial charge in [0, 0.05) is 19.3 Å². The fraction of sp³-hybridized carbons (Fsp3) is 0.500. The highest BCUT2D eigenvalue weighted by molar-refractivity contribution is 5.81. The lowest BCUT2D eigenvalue weighted by Crippen LogP contribution is -2.49. The number of amides is 1. The number of aryl methyl sites for hydroxylation is 1. The van der Waals surface area contributed by atoms with Crippen LogP contribution in [0.1, 0.15) is 5.69 Å². The maximum Gasteiger partial charge on any atom is 0.250 e. The number of nitrogens with zero attached hydrogens (tertiary/aromatic N) is 2. The zero-order valence-electron chi connectivity index (χ0n) is 10.1. The van der Waals surface area contributed by atoms with Crippen LogP contribution in [-0.4, -0.2) is 43.7 Å². The Morgan fingerprint density at radius 3 is 3.12 bits per heavy atom. The van der Waals surface area contributed by atoms with Crippen LogP contribution in [0.25, 0.3) is 0 Å². The summed E-state index contributed by atoms with van der Waals surface area (Å²) in [7, 11) is 1.62. The third kappa shape index (κ3) is 2.74. The van der Waals surface area contributed by atoms with Crippen LogP contribution in [0.2, 0.25) is 0 Å². The van der Waals surface area contributed by atoms with Crippen molar-refractivity contribution in [3.05, 3.63) is 23.9 Å². The molecule has 0 radical (unpaired) electrons. The maximum absolute atomic E-state index is 11.5. The first-order valence-electron chi connectivity index (χ1n) is 5.72. The van der Waals surface area contributed by atoms with Crippen LogP contribution in [0.3, 0.4) is 0 Å². The third-order valence-corrected chi connectivity index (χ3v) is 2.80. The van der Waals surface area contributed by atoms with E-state index in [-0.39, 0.29) is 5.91 Å². The summed E-state index contributed by atoms with van der Waals surface area (Å²) >= 11 is 0. The molecule has 5 nitrogen and oxygen atoms in total. The third-order valence-electron chi connectivity index (χ3n) is 2.80. The van der Waals surface area contributed by atoms with Crippen LogP contribution in [0.5, 0.6) is 0 Å². The summed E-state index contributed by atoms with van der Waals surface area (Å²) in [6.45, 7) is 3.83. The number of rotatable bonds is 2. The van der Waals surface area contributed by atoms with Gasteiger partial charge in [-0.15, -0.1) is 0 Å². The zero-order valence-corrected chi connectivity index (χ0v) is 10.1. The average Bonchev–Trinajstić information content (AvgIpc) is 2.38. The fourth-order valence-electron chi connectivity index (χ4n) is 1.88. The molecule has 0 saturated carbocycles. The number of hydrogen-bond donors (Lipinski definition) is 1. The summed E-state index contributed by atoms with van der Waals surface area (Å²) < 4.78 is 5.43. The Labute approximate surface area is 101 Å². The molecule has 0 aromatic carbocycles. The normalized spacial score (nSPS) is 20.1. The number of anilines is 1. The smallest absolute Gasteiger partial charge is 0.250 e. The first-order valence-corrected chi connectivity index (χ1v) is 5.72. The van der Waals surface area contributed by atoms with E-state index in [9.17, 15) is 4.79 Å². The quantitative estimate of drug-likeness (QED) is 0.803. The molecule has 0 spiro atoms. The largest absolute Gasteiger partial charge is 0.365 e. The molecule has 0 aliphatic carbocycles. The molecule has 1 aromatic heterocycles. The van der Waals surface area contributed by atoms with Gasteiger partial charge in [0.15, 0.2) is 6.10 Å². The Kier molecular flexibility index (Phi) is 3.58. The number of carbonyl (C=O) groups is 1. The van der Waals surface area contributed by atoms with Gasteiger partial charge >= 0.3 is 0 Å². The van der Waals surface area contributed by atoms with E-state index in [2.05, 4.69) is 15.2 Å². The lowest BCUT2D eigenvalue weighted by atomic mass is 10.2. The Morgan fingerprint density at radius 2 is 2.41 bits per heavy atom. The monoisotopic (exact) mass is 235 g/mol. The van der Waals surface area contributed by atoms with Gasteiger partial charge in [0.05, 0.1) is 13.2 Å². The predicted octanol–water partition coefficient (Wildman–Crippen LogP) is 0.341. The molecule has 1 fully saturated rings. The molecule has 17 heavy (non-hydrogen) atoms. The van der Waals surface area contributed by atoms with Gasteiger partial charge in [-0.3, -0.25) is 4.79 Å². The van der Waals surface area contributed by atoms with Gasteiger partial charge in [-0.25, -0.2) is 4.98 Å². The van der Waals surface area contributed by atoms with E-state index >= 15 is 0 Å². The Hall–Kier alpha value is -1.62. The van der Waals surface area contributed by atoms with Gasteiger partial charge in [0.2, 0.25) is 0 Å². The molecule has 1 amide bonds. The van der Waals surface area contributed by atoms with E-state index in [0.29, 0.717) is 13.2 Å². The number of hydrogen-bond acceptors (Lipinski definition) is 4. The highest BCUT2D eigenvalue weighted by atomic mass is 16.5. The molecule has 2 rings (SSSR count). The van der Waals surface area contributed by atoms with E-state index in [1.54, 1.807) is 7.05 Å². The topological polar surface area (TPSA) is 54.5 Å². The van der Waals surface area contributed by atoms with Crippen molar-refractivity contribution >= 4 is 11.7 Å². The second-order valence-electron chi connectivity index (χ2n) is 4.06. The van der Waals surface area contributed by atoms with E-state index < -0.39 is 6.10 Å².